The van der Waals surface area contributed by atoms with Gasteiger partial charge in [0.25, 0.3) is 0 Å². The summed E-state index contributed by atoms with van der Waals surface area (Å²) in [4.78, 5) is 13.0. The molecule has 0 radical (unpaired) electrons. The monoisotopic (exact) mass is 317 g/mol. The number of carboxylic acids is 1. The Labute approximate surface area is 126 Å². The van der Waals surface area contributed by atoms with Crippen LogP contribution in [0.15, 0.2) is 24.3 Å². The predicted molar refractivity (Wildman–Crippen MR) is 73.6 cm³/mol. The Balaban J connectivity index is 2.03. The zero-order valence-electron chi connectivity index (χ0n) is 12.1. The third kappa shape index (κ3) is 4.37. The van der Waals surface area contributed by atoms with Gasteiger partial charge in [-0.05, 0) is 12.0 Å². The second-order valence-electron chi connectivity index (χ2n) is 5.63. The lowest BCUT2D eigenvalue weighted by molar-refractivity contribution is -0.153. The smallest absolute Gasteiger partial charge is 0.422 e. The number of carbonyl (C=O) groups is 1. The molecule has 7 heteroatoms. The minimum Gasteiger partial charge on any atom is -0.484 e. The van der Waals surface area contributed by atoms with Crippen molar-refractivity contribution in [3.8, 4) is 5.75 Å². The van der Waals surface area contributed by atoms with Gasteiger partial charge in [0.1, 0.15) is 5.75 Å². The van der Waals surface area contributed by atoms with Crippen molar-refractivity contribution in [2.24, 2.45) is 11.8 Å². The lowest BCUT2D eigenvalue weighted by Crippen LogP contribution is -2.24. The molecule has 1 aromatic rings. The quantitative estimate of drug-likeness (QED) is 0.907. The summed E-state index contributed by atoms with van der Waals surface area (Å²) in [5, 5.41) is 9.12. The van der Waals surface area contributed by atoms with Crippen molar-refractivity contribution >= 4 is 5.97 Å². The average molecular weight is 317 g/mol. The van der Waals surface area contributed by atoms with Gasteiger partial charge in [-0.25, -0.2) is 0 Å². The summed E-state index contributed by atoms with van der Waals surface area (Å²) in [6.45, 7) is 1.90. The molecule has 0 amide bonds. The van der Waals surface area contributed by atoms with Crippen LogP contribution in [0.25, 0.3) is 0 Å². The fourth-order valence-electron chi connectivity index (χ4n) is 2.69. The number of carboxylic acid groups (broad SMARTS) is 1. The molecule has 1 heterocycles. The first-order valence-electron chi connectivity index (χ1n) is 6.99. The van der Waals surface area contributed by atoms with Crippen LogP contribution in [0.5, 0.6) is 5.75 Å². The van der Waals surface area contributed by atoms with Crippen LogP contribution >= 0.6 is 0 Å². The van der Waals surface area contributed by atoms with Crippen LogP contribution in [0.4, 0.5) is 13.2 Å². The Kier molecular flexibility index (Phi) is 4.95. The van der Waals surface area contributed by atoms with Crippen LogP contribution in [-0.2, 0) is 11.3 Å². The number of ether oxygens (including phenoxy) is 1. The number of hydrogen-bond acceptors (Lipinski definition) is 3. The first-order valence-corrected chi connectivity index (χ1v) is 6.99. The summed E-state index contributed by atoms with van der Waals surface area (Å²) in [7, 11) is 0. The van der Waals surface area contributed by atoms with Gasteiger partial charge in [-0.3, -0.25) is 9.69 Å². The first-order chi connectivity index (χ1) is 10.3. The van der Waals surface area contributed by atoms with Crippen molar-refractivity contribution in [2.75, 3.05) is 19.7 Å². The normalized spacial score (nSPS) is 22.7. The molecular weight excluding hydrogens is 299 g/mol. The van der Waals surface area contributed by atoms with E-state index in [2.05, 4.69) is 0 Å². The summed E-state index contributed by atoms with van der Waals surface area (Å²) < 4.78 is 41.7. The van der Waals surface area contributed by atoms with Gasteiger partial charge in [-0.1, -0.05) is 25.1 Å². The van der Waals surface area contributed by atoms with E-state index < -0.39 is 24.7 Å². The van der Waals surface area contributed by atoms with Gasteiger partial charge in [0.15, 0.2) is 6.61 Å². The zero-order valence-corrected chi connectivity index (χ0v) is 12.1. The molecular formula is C15H18F3NO3. The molecule has 0 saturated carbocycles. The van der Waals surface area contributed by atoms with Crippen molar-refractivity contribution < 1.29 is 27.8 Å². The third-order valence-electron chi connectivity index (χ3n) is 3.76. The second-order valence-corrected chi connectivity index (χ2v) is 5.63. The van der Waals surface area contributed by atoms with Gasteiger partial charge in [0.05, 0.1) is 5.92 Å². The number of nitrogens with zero attached hydrogens (tertiary/aromatic N) is 1. The molecule has 122 valence electrons. The van der Waals surface area contributed by atoms with Crippen LogP contribution in [-0.4, -0.2) is 41.8 Å². The molecule has 4 nitrogen and oxygen atoms in total. The lowest BCUT2D eigenvalue weighted by Gasteiger charge is -2.18. The predicted octanol–water partition coefficient (Wildman–Crippen LogP) is 2.78. The van der Waals surface area contributed by atoms with Crippen molar-refractivity contribution in [2.45, 2.75) is 19.6 Å². The summed E-state index contributed by atoms with van der Waals surface area (Å²) >= 11 is 0. The van der Waals surface area contributed by atoms with E-state index in [4.69, 9.17) is 9.84 Å². The minimum absolute atomic E-state index is 0.0146. The van der Waals surface area contributed by atoms with Crippen LogP contribution < -0.4 is 4.74 Å². The van der Waals surface area contributed by atoms with Crippen LogP contribution in [0, 0.1) is 11.8 Å². The van der Waals surface area contributed by atoms with E-state index in [1.165, 1.54) is 6.07 Å². The highest BCUT2D eigenvalue weighted by atomic mass is 19.4. The van der Waals surface area contributed by atoms with Crippen molar-refractivity contribution in [3.05, 3.63) is 29.8 Å². The largest absolute Gasteiger partial charge is 0.484 e. The fraction of sp³-hybridized carbons (Fsp3) is 0.533. The SMILES string of the molecule is C[C@@H]1CN(Cc2ccccc2OCC(F)(F)F)C[C@H]1C(=O)O. The van der Waals surface area contributed by atoms with Crippen molar-refractivity contribution in [1.82, 2.24) is 4.90 Å². The summed E-state index contributed by atoms with van der Waals surface area (Å²) in [5.41, 5.74) is 0.630. The summed E-state index contributed by atoms with van der Waals surface area (Å²) in [6.07, 6.45) is -4.39. The number of aliphatic carboxylic acids is 1. The maximum Gasteiger partial charge on any atom is 0.422 e. The number of rotatable bonds is 5. The lowest BCUT2D eigenvalue weighted by atomic mass is 9.99. The van der Waals surface area contributed by atoms with Gasteiger partial charge in [0, 0.05) is 25.2 Å². The minimum atomic E-state index is -4.39. The number of likely N-dealkylation sites (tertiary alicyclic amines) is 1. The molecule has 0 unspecified atom stereocenters. The molecule has 0 bridgehead atoms. The fourth-order valence-corrected chi connectivity index (χ4v) is 2.69. The van der Waals surface area contributed by atoms with E-state index >= 15 is 0 Å². The van der Waals surface area contributed by atoms with Crippen LogP contribution in [0.1, 0.15) is 12.5 Å². The van der Waals surface area contributed by atoms with E-state index in [0.29, 0.717) is 25.2 Å². The number of benzene rings is 1. The Hall–Kier alpha value is -1.76. The average Bonchev–Trinajstić information content (AvgIpc) is 2.78. The van der Waals surface area contributed by atoms with Gasteiger partial charge in [-0.15, -0.1) is 0 Å². The molecule has 2 atom stereocenters. The summed E-state index contributed by atoms with van der Waals surface area (Å²) in [5.74, 6) is -1.08. The van der Waals surface area contributed by atoms with Crippen LogP contribution in [0.2, 0.25) is 0 Å². The van der Waals surface area contributed by atoms with Gasteiger partial charge in [-0.2, -0.15) is 13.2 Å². The topological polar surface area (TPSA) is 49.8 Å². The van der Waals surface area contributed by atoms with Gasteiger partial charge in [0.2, 0.25) is 0 Å². The van der Waals surface area contributed by atoms with E-state index in [1.807, 2.05) is 11.8 Å². The molecule has 1 aliphatic rings. The van der Waals surface area contributed by atoms with E-state index in [-0.39, 0.29) is 11.7 Å². The molecule has 0 aliphatic carbocycles. The van der Waals surface area contributed by atoms with E-state index in [0.717, 1.165) is 0 Å². The number of alkyl halides is 3. The van der Waals surface area contributed by atoms with Gasteiger partial charge < -0.3 is 9.84 Å². The molecule has 1 saturated heterocycles. The molecule has 2 rings (SSSR count). The number of para-hydroxylation sites is 1. The molecule has 0 aromatic heterocycles. The molecule has 1 fully saturated rings. The maximum atomic E-state index is 12.3. The molecule has 1 N–H and O–H groups in total. The highest BCUT2D eigenvalue weighted by molar-refractivity contribution is 5.71. The Morgan fingerprint density at radius 3 is 2.64 bits per heavy atom. The Morgan fingerprint density at radius 1 is 1.36 bits per heavy atom. The molecule has 1 aliphatic heterocycles. The molecule has 0 spiro atoms. The highest BCUT2D eigenvalue weighted by Gasteiger charge is 2.35. The van der Waals surface area contributed by atoms with Crippen LogP contribution in [0.3, 0.4) is 0 Å². The first kappa shape index (κ1) is 16.6. The highest BCUT2D eigenvalue weighted by Crippen LogP contribution is 2.28. The third-order valence-corrected chi connectivity index (χ3v) is 3.76. The van der Waals surface area contributed by atoms with E-state index in [9.17, 15) is 18.0 Å². The molecule has 1 aromatic carbocycles. The van der Waals surface area contributed by atoms with Gasteiger partial charge >= 0.3 is 12.1 Å². The second kappa shape index (κ2) is 6.56. The van der Waals surface area contributed by atoms with Crippen molar-refractivity contribution in [1.29, 1.82) is 0 Å². The number of halogens is 3. The van der Waals surface area contributed by atoms with E-state index in [1.54, 1.807) is 18.2 Å². The zero-order chi connectivity index (χ0) is 16.3. The van der Waals surface area contributed by atoms with Crippen molar-refractivity contribution in [3.63, 3.8) is 0 Å². The maximum absolute atomic E-state index is 12.3. The standard InChI is InChI=1S/C15H18F3NO3/c1-10-6-19(8-12(10)14(20)21)7-11-4-2-3-5-13(11)22-9-15(16,17)18/h2-5,10,12H,6-9H2,1H3,(H,20,21)/t10-,12-/m1/s1. The Bertz CT molecular complexity index is 533. The molecule has 22 heavy (non-hydrogen) atoms. The summed E-state index contributed by atoms with van der Waals surface area (Å²) in [6, 6.07) is 6.53. The number of hydrogen-bond donors (Lipinski definition) is 1. The Morgan fingerprint density at radius 2 is 2.05 bits per heavy atom.